The molecule has 1 aliphatic rings. The highest BCUT2D eigenvalue weighted by molar-refractivity contribution is 9.10. The van der Waals surface area contributed by atoms with E-state index >= 15 is 0 Å². The van der Waals surface area contributed by atoms with Gasteiger partial charge in [0.05, 0.1) is 18.7 Å². The third-order valence-electron chi connectivity index (χ3n) is 5.66. The molecular formula is C26H22BrNO4. The number of hydrogen-bond acceptors (Lipinski definition) is 4. The van der Waals surface area contributed by atoms with Crippen LogP contribution >= 0.6 is 15.9 Å². The Morgan fingerprint density at radius 1 is 0.969 bits per heavy atom. The molecule has 0 spiro atoms. The minimum absolute atomic E-state index is 0.0665. The zero-order valence-electron chi connectivity index (χ0n) is 17.9. The van der Waals surface area contributed by atoms with Crippen LogP contribution in [0.4, 0.5) is 5.69 Å². The SMILES string of the molecule is COc1cc(C)c(/C(O)=C2\C(=O)C(=O)N(c3ccc(Br)cc3)C2c2ccccc2)cc1C. The average Bonchev–Trinajstić information content (AvgIpc) is 3.06. The molecule has 0 aliphatic carbocycles. The number of benzene rings is 3. The summed E-state index contributed by atoms with van der Waals surface area (Å²) in [5, 5.41) is 11.3. The number of ketones is 1. The molecular weight excluding hydrogens is 470 g/mol. The van der Waals surface area contributed by atoms with Crippen LogP contribution in [0.1, 0.15) is 28.3 Å². The summed E-state index contributed by atoms with van der Waals surface area (Å²) in [6, 6.07) is 19.3. The monoisotopic (exact) mass is 491 g/mol. The van der Waals surface area contributed by atoms with E-state index in [9.17, 15) is 14.7 Å². The van der Waals surface area contributed by atoms with E-state index in [1.165, 1.54) is 4.90 Å². The number of aliphatic hydroxyl groups is 1. The lowest BCUT2D eigenvalue weighted by atomic mass is 9.93. The molecule has 1 saturated heterocycles. The summed E-state index contributed by atoms with van der Waals surface area (Å²) in [4.78, 5) is 27.8. The molecule has 3 aromatic rings. The van der Waals surface area contributed by atoms with Crippen LogP contribution in [0.15, 0.2) is 76.8 Å². The quantitative estimate of drug-likeness (QED) is 0.288. The molecule has 1 N–H and O–H groups in total. The Morgan fingerprint density at radius 3 is 2.25 bits per heavy atom. The van der Waals surface area contributed by atoms with Gasteiger partial charge in [0.2, 0.25) is 0 Å². The number of Topliss-reactive ketones (excluding diaryl/α,β-unsaturated/α-hetero) is 1. The molecule has 0 radical (unpaired) electrons. The number of aryl methyl sites for hydroxylation is 2. The van der Waals surface area contributed by atoms with E-state index in [4.69, 9.17) is 4.74 Å². The summed E-state index contributed by atoms with van der Waals surface area (Å²) in [6.07, 6.45) is 0. The van der Waals surface area contributed by atoms with Gasteiger partial charge in [-0.25, -0.2) is 0 Å². The fraction of sp³-hybridized carbons (Fsp3) is 0.154. The molecule has 1 atom stereocenters. The van der Waals surface area contributed by atoms with Crippen LogP contribution in [0, 0.1) is 13.8 Å². The zero-order chi connectivity index (χ0) is 23.0. The molecule has 0 bridgehead atoms. The first-order valence-corrected chi connectivity index (χ1v) is 10.9. The van der Waals surface area contributed by atoms with Gasteiger partial charge < -0.3 is 9.84 Å². The van der Waals surface area contributed by atoms with Gasteiger partial charge in [-0.3, -0.25) is 14.5 Å². The van der Waals surface area contributed by atoms with Gasteiger partial charge in [-0.1, -0.05) is 46.3 Å². The predicted octanol–water partition coefficient (Wildman–Crippen LogP) is 5.70. The number of ether oxygens (including phenoxy) is 1. The number of carbonyl (C=O) groups is 2. The Balaban J connectivity index is 1.96. The Hall–Kier alpha value is -3.38. The van der Waals surface area contributed by atoms with Gasteiger partial charge in [-0.2, -0.15) is 0 Å². The second kappa shape index (κ2) is 8.63. The van der Waals surface area contributed by atoms with Crippen LogP contribution < -0.4 is 9.64 Å². The van der Waals surface area contributed by atoms with Gasteiger partial charge in [0.1, 0.15) is 11.5 Å². The van der Waals surface area contributed by atoms with Crippen LogP contribution in [0.3, 0.4) is 0 Å². The lowest BCUT2D eigenvalue weighted by Gasteiger charge is -2.25. The van der Waals surface area contributed by atoms with Gasteiger partial charge in [-0.05, 0) is 66.9 Å². The number of hydrogen-bond donors (Lipinski definition) is 1. The lowest BCUT2D eigenvalue weighted by Crippen LogP contribution is -2.29. The summed E-state index contributed by atoms with van der Waals surface area (Å²) in [7, 11) is 1.58. The number of amides is 1. The van der Waals surface area contributed by atoms with Crippen molar-refractivity contribution in [2.75, 3.05) is 12.0 Å². The largest absolute Gasteiger partial charge is 0.507 e. The zero-order valence-corrected chi connectivity index (χ0v) is 19.5. The van der Waals surface area contributed by atoms with Gasteiger partial charge in [0.15, 0.2) is 0 Å². The Labute approximate surface area is 195 Å². The molecule has 0 saturated carbocycles. The number of anilines is 1. The average molecular weight is 492 g/mol. The summed E-state index contributed by atoms with van der Waals surface area (Å²) in [5.41, 5.74) is 3.43. The Morgan fingerprint density at radius 2 is 1.62 bits per heavy atom. The van der Waals surface area contributed by atoms with Crippen LogP contribution in [0.25, 0.3) is 5.76 Å². The van der Waals surface area contributed by atoms with Crippen LogP contribution in [0.5, 0.6) is 5.75 Å². The third-order valence-corrected chi connectivity index (χ3v) is 6.19. The number of methoxy groups -OCH3 is 1. The van der Waals surface area contributed by atoms with Crippen molar-refractivity contribution in [2.24, 2.45) is 0 Å². The van der Waals surface area contributed by atoms with E-state index in [1.54, 1.807) is 25.3 Å². The fourth-order valence-corrected chi connectivity index (χ4v) is 4.33. The minimum Gasteiger partial charge on any atom is -0.507 e. The van der Waals surface area contributed by atoms with Crippen molar-refractivity contribution in [3.05, 3.63) is 99.0 Å². The Kier molecular flexibility index (Phi) is 5.89. The molecule has 1 fully saturated rings. The first kappa shape index (κ1) is 21.8. The molecule has 32 heavy (non-hydrogen) atoms. The van der Waals surface area contributed by atoms with Crippen molar-refractivity contribution >= 4 is 39.1 Å². The van der Waals surface area contributed by atoms with E-state index in [1.807, 2.05) is 62.4 Å². The van der Waals surface area contributed by atoms with Gasteiger partial charge in [0, 0.05) is 15.7 Å². The van der Waals surface area contributed by atoms with Crippen molar-refractivity contribution in [3.63, 3.8) is 0 Å². The van der Waals surface area contributed by atoms with Gasteiger partial charge >= 0.3 is 0 Å². The molecule has 0 aromatic heterocycles. The van der Waals surface area contributed by atoms with E-state index in [0.29, 0.717) is 17.0 Å². The van der Waals surface area contributed by atoms with Gasteiger partial charge in [0.25, 0.3) is 11.7 Å². The van der Waals surface area contributed by atoms with Crippen molar-refractivity contribution < 1.29 is 19.4 Å². The second-order valence-electron chi connectivity index (χ2n) is 7.69. The van der Waals surface area contributed by atoms with E-state index in [-0.39, 0.29) is 11.3 Å². The lowest BCUT2D eigenvalue weighted by molar-refractivity contribution is -0.132. The van der Waals surface area contributed by atoms with Crippen molar-refractivity contribution in [1.82, 2.24) is 0 Å². The maximum atomic E-state index is 13.2. The van der Waals surface area contributed by atoms with E-state index in [0.717, 1.165) is 21.2 Å². The summed E-state index contributed by atoms with van der Waals surface area (Å²) in [5.74, 6) is -0.896. The van der Waals surface area contributed by atoms with Crippen molar-refractivity contribution in [2.45, 2.75) is 19.9 Å². The topological polar surface area (TPSA) is 66.8 Å². The maximum Gasteiger partial charge on any atom is 0.300 e. The first-order valence-electron chi connectivity index (χ1n) is 10.1. The molecule has 1 unspecified atom stereocenters. The molecule has 6 heteroatoms. The van der Waals surface area contributed by atoms with Gasteiger partial charge in [-0.15, -0.1) is 0 Å². The highest BCUT2D eigenvalue weighted by Gasteiger charge is 2.47. The smallest absolute Gasteiger partial charge is 0.300 e. The second-order valence-corrected chi connectivity index (χ2v) is 8.61. The molecule has 4 rings (SSSR count). The maximum absolute atomic E-state index is 13.2. The number of aliphatic hydroxyl groups excluding tert-OH is 1. The van der Waals surface area contributed by atoms with Crippen LogP contribution in [-0.4, -0.2) is 23.9 Å². The van der Waals surface area contributed by atoms with Crippen LogP contribution in [0.2, 0.25) is 0 Å². The summed E-state index contributed by atoms with van der Waals surface area (Å²) >= 11 is 3.40. The standard InChI is InChI=1S/C26H22BrNO4/c1-15-14-21(32-3)16(2)13-20(15)24(29)22-23(17-7-5-4-6-8-17)28(26(31)25(22)30)19-11-9-18(27)10-12-19/h4-14,23,29H,1-3H3/b24-22+. The van der Waals surface area contributed by atoms with Crippen LogP contribution in [-0.2, 0) is 9.59 Å². The molecule has 1 aliphatic heterocycles. The number of rotatable bonds is 4. The highest BCUT2D eigenvalue weighted by atomic mass is 79.9. The number of carbonyl (C=O) groups excluding carboxylic acids is 2. The highest BCUT2D eigenvalue weighted by Crippen LogP contribution is 2.43. The third kappa shape index (κ3) is 3.71. The minimum atomic E-state index is -0.751. The number of nitrogens with zero attached hydrogens (tertiary/aromatic N) is 1. The fourth-order valence-electron chi connectivity index (χ4n) is 4.06. The molecule has 5 nitrogen and oxygen atoms in total. The number of halogens is 1. The predicted molar refractivity (Wildman–Crippen MR) is 128 cm³/mol. The molecule has 1 heterocycles. The van der Waals surface area contributed by atoms with Crippen molar-refractivity contribution in [3.8, 4) is 5.75 Å². The first-order chi connectivity index (χ1) is 15.3. The molecule has 1 amide bonds. The summed E-state index contributed by atoms with van der Waals surface area (Å²) < 4.78 is 6.23. The summed E-state index contributed by atoms with van der Waals surface area (Å²) in [6.45, 7) is 3.70. The van der Waals surface area contributed by atoms with E-state index in [2.05, 4.69) is 15.9 Å². The van der Waals surface area contributed by atoms with E-state index < -0.39 is 17.7 Å². The normalized spacial score (nSPS) is 17.6. The molecule has 3 aromatic carbocycles. The van der Waals surface area contributed by atoms with Crippen molar-refractivity contribution in [1.29, 1.82) is 0 Å². The Bertz CT molecular complexity index is 1230. The molecule has 162 valence electrons.